The Hall–Kier alpha value is -2.88. The van der Waals surface area contributed by atoms with Crippen molar-refractivity contribution in [1.82, 2.24) is 4.98 Å². The number of nitrogens with one attached hydrogen (secondary N) is 1. The number of carbonyl (C=O) groups excluding carboxylic acids is 1. The molecule has 122 valence electrons. The highest BCUT2D eigenvalue weighted by atomic mass is 16.1. The molecule has 1 aromatic heterocycles. The van der Waals surface area contributed by atoms with Crippen LogP contribution in [0.15, 0.2) is 60.8 Å². The average Bonchev–Trinajstić information content (AvgIpc) is 2.61. The molecule has 1 heterocycles. The highest BCUT2D eigenvalue weighted by molar-refractivity contribution is 6.00. The van der Waals surface area contributed by atoms with Gasteiger partial charge in [-0.25, -0.2) is 0 Å². The molecule has 4 nitrogen and oxygen atoms in total. The van der Waals surface area contributed by atoms with Gasteiger partial charge in [0.2, 0.25) is 5.91 Å². The molecule has 0 saturated carbocycles. The van der Waals surface area contributed by atoms with Gasteiger partial charge in [0, 0.05) is 37.8 Å². The first kappa shape index (κ1) is 16.0. The summed E-state index contributed by atoms with van der Waals surface area (Å²) in [6.45, 7) is 0. The van der Waals surface area contributed by atoms with E-state index in [1.807, 2.05) is 44.4 Å². The van der Waals surface area contributed by atoms with Crippen molar-refractivity contribution in [2.75, 3.05) is 24.3 Å². The van der Waals surface area contributed by atoms with Gasteiger partial charge in [-0.15, -0.1) is 0 Å². The summed E-state index contributed by atoms with van der Waals surface area (Å²) in [5.41, 5.74) is 4.02. The van der Waals surface area contributed by atoms with Crippen LogP contribution in [0.1, 0.15) is 12.0 Å². The first-order valence-corrected chi connectivity index (χ1v) is 8.03. The molecule has 1 amide bonds. The number of aromatic nitrogens is 1. The van der Waals surface area contributed by atoms with Gasteiger partial charge < -0.3 is 10.2 Å². The number of nitrogens with zero attached hydrogens (tertiary/aromatic N) is 2. The summed E-state index contributed by atoms with van der Waals surface area (Å²) in [6.07, 6.45) is 2.94. The SMILES string of the molecule is CN(C)c1ccc(CCC(=O)Nc2cccc3ncccc23)cc1. The van der Waals surface area contributed by atoms with E-state index in [2.05, 4.69) is 39.5 Å². The summed E-state index contributed by atoms with van der Waals surface area (Å²) >= 11 is 0. The Labute approximate surface area is 142 Å². The van der Waals surface area contributed by atoms with Gasteiger partial charge in [-0.05, 0) is 48.4 Å². The molecule has 3 rings (SSSR count). The van der Waals surface area contributed by atoms with E-state index in [1.54, 1.807) is 6.20 Å². The number of hydrogen-bond donors (Lipinski definition) is 1. The standard InChI is InChI=1S/C20H21N3O/c1-23(2)16-11-8-15(9-12-16)10-13-20(24)22-19-7-3-6-18-17(19)5-4-14-21-18/h3-9,11-12,14H,10,13H2,1-2H3,(H,22,24). The van der Waals surface area contributed by atoms with Gasteiger partial charge in [0.25, 0.3) is 0 Å². The molecule has 0 aliphatic carbocycles. The third-order valence-electron chi connectivity index (χ3n) is 4.01. The van der Waals surface area contributed by atoms with E-state index in [0.29, 0.717) is 6.42 Å². The molecule has 0 spiro atoms. The zero-order valence-electron chi connectivity index (χ0n) is 14.0. The molecule has 0 fully saturated rings. The number of amides is 1. The lowest BCUT2D eigenvalue weighted by molar-refractivity contribution is -0.116. The summed E-state index contributed by atoms with van der Waals surface area (Å²) in [4.78, 5) is 18.6. The molecule has 0 bridgehead atoms. The molecular formula is C20H21N3O. The zero-order chi connectivity index (χ0) is 16.9. The number of aryl methyl sites for hydroxylation is 1. The van der Waals surface area contributed by atoms with E-state index < -0.39 is 0 Å². The number of rotatable bonds is 5. The summed E-state index contributed by atoms with van der Waals surface area (Å²) in [6, 6.07) is 17.9. The Kier molecular flexibility index (Phi) is 4.75. The molecule has 24 heavy (non-hydrogen) atoms. The fraction of sp³-hybridized carbons (Fsp3) is 0.200. The summed E-state index contributed by atoms with van der Waals surface area (Å²) < 4.78 is 0. The number of fused-ring (bicyclic) bond motifs is 1. The van der Waals surface area contributed by atoms with Gasteiger partial charge in [-0.3, -0.25) is 9.78 Å². The van der Waals surface area contributed by atoms with Crippen molar-refractivity contribution < 1.29 is 4.79 Å². The predicted octanol–water partition coefficient (Wildman–Crippen LogP) is 3.87. The summed E-state index contributed by atoms with van der Waals surface area (Å²) in [5.74, 6) is 0.0167. The van der Waals surface area contributed by atoms with Crippen LogP contribution >= 0.6 is 0 Å². The Balaban J connectivity index is 1.63. The van der Waals surface area contributed by atoms with Gasteiger partial charge in [0.05, 0.1) is 11.2 Å². The molecular weight excluding hydrogens is 298 g/mol. The van der Waals surface area contributed by atoms with Crippen molar-refractivity contribution in [3.05, 3.63) is 66.4 Å². The second kappa shape index (κ2) is 7.13. The Morgan fingerprint density at radius 3 is 2.58 bits per heavy atom. The van der Waals surface area contributed by atoms with Gasteiger partial charge >= 0.3 is 0 Å². The topological polar surface area (TPSA) is 45.2 Å². The van der Waals surface area contributed by atoms with Crippen LogP contribution in [0.4, 0.5) is 11.4 Å². The Bertz CT molecular complexity index is 836. The van der Waals surface area contributed by atoms with E-state index in [4.69, 9.17) is 0 Å². The largest absolute Gasteiger partial charge is 0.378 e. The smallest absolute Gasteiger partial charge is 0.224 e. The van der Waals surface area contributed by atoms with Crippen LogP contribution in [0, 0.1) is 0 Å². The fourth-order valence-electron chi connectivity index (χ4n) is 2.64. The van der Waals surface area contributed by atoms with E-state index in [-0.39, 0.29) is 5.91 Å². The number of benzene rings is 2. The summed E-state index contributed by atoms with van der Waals surface area (Å²) in [7, 11) is 4.03. The molecule has 3 aromatic rings. The van der Waals surface area contributed by atoms with E-state index in [9.17, 15) is 4.79 Å². The lowest BCUT2D eigenvalue weighted by Crippen LogP contribution is -2.13. The van der Waals surface area contributed by atoms with Crippen molar-refractivity contribution in [2.24, 2.45) is 0 Å². The lowest BCUT2D eigenvalue weighted by Gasteiger charge is -2.12. The predicted molar refractivity (Wildman–Crippen MR) is 99.5 cm³/mol. The monoisotopic (exact) mass is 319 g/mol. The minimum atomic E-state index is 0.0167. The molecule has 0 saturated heterocycles. The van der Waals surface area contributed by atoms with Crippen LogP contribution in [0.5, 0.6) is 0 Å². The molecule has 4 heteroatoms. The third kappa shape index (κ3) is 3.71. The highest BCUT2D eigenvalue weighted by Crippen LogP contribution is 2.21. The van der Waals surface area contributed by atoms with E-state index in [1.165, 1.54) is 0 Å². The third-order valence-corrected chi connectivity index (χ3v) is 4.01. The van der Waals surface area contributed by atoms with Crippen molar-refractivity contribution in [1.29, 1.82) is 0 Å². The van der Waals surface area contributed by atoms with Gasteiger partial charge in [-0.1, -0.05) is 18.2 Å². The second-order valence-electron chi connectivity index (χ2n) is 5.98. The molecule has 0 radical (unpaired) electrons. The average molecular weight is 319 g/mol. The second-order valence-corrected chi connectivity index (χ2v) is 5.98. The number of carbonyl (C=O) groups is 1. The van der Waals surface area contributed by atoms with Crippen molar-refractivity contribution in [3.63, 3.8) is 0 Å². The molecule has 0 unspecified atom stereocenters. The van der Waals surface area contributed by atoms with Gasteiger partial charge in [-0.2, -0.15) is 0 Å². The Morgan fingerprint density at radius 1 is 1.04 bits per heavy atom. The van der Waals surface area contributed by atoms with Crippen LogP contribution < -0.4 is 10.2 Å². The minimum absolute atomic E-state index is 0.0167. The van der Waals surface area contributed by atoms with Crippen LogP contribution in [-0.2, 0) is 11.2 Å². The van der Waals surface area contributed by atoms with Crippen molar-refractivity contribution in [3.8, 4) is 0 Å². The van der Waals surface area contributed by atoms with Crippen LogP contribution in [0.2, 0.25) is 0 Å². The number of pyridine rings is 1. The Morgan fingerprint density at radius 2 is 1.83 bits per heavy atom. The highest BCUT2D eigenvalue weighted by Gasteiger charge is 2.07. The molecule has 1 N–H and O–H groups in total. The maximum absolute atomic E-state index is 12.3. The van der Waals surface area contributed by atoms with Crippen LogP contribution in [0.3, 0.4) is 0 Å². The molecule has 2 aromatic carbocycles. The minimum Gasteiger partial charge on any atom is -0.378 e. The van der Waals surface area contributed by atoms with Gasteiger partial charge in [0.15, 0.2) is 0 Å². The maximum atomic E-state index is 12.3. The quantitative estimate of drug-likeness (QED) is 0.776. The molecule has 0 atom stereocenters. The zero-order valence-corrected chi connectivity index (χ0v) is 14.0. The van der Waals surface area contributed by atoms with Crippen molar-refractivity contribution in [2.45, 2.75) is 12.8 Å². The van der Waals surface area contributed by atoms with E-state index in [0.717, 1.165) is 34.3 Å². The van der Waals surface area contributed by atoms with Gasteiger partial charge in [0.1, 0.15) is 0 Å². The van der Waals surface area contributed by atoms with Crippen LogP contribution in [-0.4, -0.2) is 25.0 Å². The maximum Gasteiger partial charge on any atom is 0.224 e. The first-order chi connectivity index (χ1) is 11.6. The fourth-order valence-corrected chi connectivity index (χ4v) is 2.64. The lowest BCUT2D eigenvalue weighted by atomic mass is 10.1. The number of hydrogen-bond acceptors (Lipinski definition) is 3. The summed E-state index contributed by atoms with van der Waals surface area (Å²) in [5, 5.41) is 3.96. The number of anilines is 2. The van der Waals surface area contributed by atoms with Crippen molar-refractivity contribution >= 4 is 28.2 Å². The molecule has 0 aliphatic rings. The molecule has 0 aliphatic heterocycles. The van der Waals surface area contributed by atoms with Crippen LogP contribution in [0.25, 0.3) is 10.9 Å². The normalized spacial score (nSPS) is 10.6. The van der Waals surface area contributed by atoms with E-state index >= 15 is 0 Å². The first-order valence-electron chi connectivity index (χ1n) is 8.03.